The third kappa shape index (κ3) is 3.64. The lowest BCUT2D eigenvalue weighted by atomic mass is 9.77. The van der Waals surface area contributed by atoms with Crippen LogP contribution >= 0.6 is 0 Å². The van der Waals surface area contributed by atoms with Gasteiger partial charge in [-0.2, -0.15) is 0 Å². The quantitative estimate of drug-likeness (QED) is 0.832. The molecule has 0 bridgehead atoms. The molecule has 0 radical (unpaired) electrons. The van der Waals surface area contributed by atoms with E-state index in [0.717, 1.165) is 51.3 Å². The topological polar surface area (TPSA) is 87.9 Å². The molecular weight excluding hydrogens is 348 g/mol. The molecule has 146 valence electrons. The molecular formula is C19H26N4O4. The molecule has 4 rings (SSSR count). The first kappa shape index (κ1) is 18.2. The number of nitrogens with one attached hydrogen (secondary N) is 1. The molecule has 1 aliphatic carbocycles. The molecule has 3 aliphatic rings. The van der Waals surface area contributed by atoms with Gasteiger partial charge in [-0.25, -0.2) is 0 Å². The fourth-order valence-electron chi connectivity index (χ4n) is 4.31. The van der Waals surface area contributed by atoms with Gasteiger partial charge in [0.1, 0.15) is 0 Å². The number of nitrogens with zero attached hydrogens (tertiary/aromatic N) is 3. The fourth-order valence-corrected chi connectivity index (χ4v) is 4.31. The van der Waals surface area contributed by atoms with Gasteiger partial charge in [-0.3, -0.25) is 14.5 Å². The minimum Gasteiger partial charge on any atom is -0.379 e. The summed E-state index contributed by atoms with van der Waals surface area (Å²) in [5.74, 6) is 0.603. The number of carbonyl (C=O) groups is 2. The van der Waals surface area contributed by atoms with Crippen molar-refractivity contribution in [2.45, 2.75) is 32.2 Å². The Bertz CT molecular complexity index is 753. The maximum Gasteiger partial charge on any atom is 0.273 e. The number of hydrogen-bond donors (Lipinski definition) is 1. The van der Waals surface area contributed by atoms with Crippen molar-refractivity contribution in [1.82, 2.24) is 20.3 Å². The molecule has 2 fully saturated rings. The van der Waals surface area contributed by atoms with Crippen LogP contribution in [0.1, 0.15) is 41.9 Å². The minimum atomic E-state index is -0.229. The molecule has 0 aromatic carbocycles. The molecule has 2 saturated heterocycles. The number of likely N-dealkylation sites (tertiary alicyclic amines) is 1. The molecule has 3 heterocycles. The van der Waals surface area contributed by atoms with Gasteiger partial charge in [0.15, 0.2) is 11.5 Å². The summed E-state index contributed by atoms with van der Waals surface area (Å²) < 4.78 is 10.7. The Morgan fingerprint density at radius 3 is 2.96 bits per heavy atom. The monoisotopic (exact) mass is 374 g/mol. The number of rotatable bonds is 5. The van der Waals surface area contributed by atoms with Gasteiger partial charge in [-0.15, -0.1) is 0 Å². The second-order valence-electron chi connectivity index (χ2n) is 7.61. The molecule has 1 aromatic heterocycles. The number of amides is 2. The Morgan fingerprint density at radius 1 is 1.33 bits per heavy atom. The zero-order valence-electron chi connectivity index (χ0n) is 15.7. The third-order valence-corrected chi connectivity index (χ3v) is 5.92. The van der Waals surface area contributed by atoms with Crippen LogP contribution in [0.3, 0.4) is 0 Å². The minimum absolute atomic E-state index is 0.140. The van der Waals surface area contributed by atoms with Crippen LogP contribution in [0.2, 0.25) is 0 Å². The van der Waals surface area contributed by atoms with Gasteiger partial charge in [0.05, 0.1) is 19.8 Å². The standard InChI is InChI=1S/C19H26N4O4/c1-22-16-3-2-5-19(16,6-4-17(22)24)13-20-18(25)15-11-14(27-21-15)12-23-7-9-26-10-8-23/h3,11H,2,4-10,12-13H2,1H3,(H,20,25). The Morgan fingerprint density at radius 2 is 2.15 bits per heavy atom. The summed E-state index contributed by atoms with van der Waals surface area (Å²) in [4.78, 5) is 28.5. The van der Waals surface area contributed by atoms with Crippen molar-refractivity contribution in [3.63, 3.8) is 0 Å². The van der Waals surface area contributed by atoms with E-state index in [4.69, 9.17) is 9.26 Å². The first-order valence-corrected chi connectivity index (χ1v) is 9.58. The van der Waals surface area contributed by atoms with E-state index in [1.165, 1.54) is 0 Å². The molecule has 1 N–H and O–H groups in total. The van der Waals surface area contributed by atoms with Crippen molar-refractivity contribution in [3.05, 3.63) is 29.3 Å². The van der Waals surface area contributed by atoms with Crippen LogP contribution in [0, 0.1) is 5.41 Å². The van der Waals surface area contributed by atoms with Crippen LogP contribution in [0.15, 0.2) is 22.4 Å². The number of fused-ring (bicyclic) bond motifs is 1. The second kappa shape index (κ2) is 7.44. The average Bonchev–Trinajstić information content (AvgIpc) is 3.32. The molecule has 0 saturated carbocycles. The molecule has 2 aliphatic heterocycles. The van der Waals surface area contributed by atoms with Crippen LogP contribution in [0.4, 0.5) is 0 Å². The molecule has 1 atom stereocenters. The van der Waals surface area contributed by atoms with E-state index in [1.54, 1.807) is 11.0 Å². The van der Waals surface area contributed by atoms with E-state index in [-0.39, 0.29) is 17.2 Å². The Hall–Kier alpha value is -2.19. The van der Waals surface area contributed by atoms with Crippen molar-refractivity contribution in [2.24, 2.45) is 5.41 Å². The van der Waals surface area contributed by atoms with Gasteiger partial charge >= 0.3 is 0 Å². The van der Waals surface area contributed by atoms with Crippen molar-refractivity contribution in [2.75, 3.05) is 39.9 Å². The van der Waals surface area contributed by atoms with Gasteiger partial charge in [0.2, 0.25) is 5.91 Å². The number of allylic oxidation sites excluding steroid dienone is 1. The number of carbonyl (C=O) groups excluding carboxylic acids is 2. The summed E-state index contributed by atoms with van der Waals surface area (Å²) in [6.45, 7) is 4.29. The molecule has 8 nitrogen and oxygen atoms in total. The first-order valence-electron chi connectivity index (χ1n) is 9.58. The van der Waals surface area contributed by atoms with Crippen molar-refractivity contribution < 1.29 is 18.8 Å². The molecule has 1 aromatic rings. The molecule has 1 unspecified atom stereocenters. The molecule has 0 spiro atoms. The smallest absolute Gasteiger partial charge is 0.273 e. The van der Waals surface area contributed by atoms with Crippen LogP contribution in [-0.2, 0) is 16.1 Å². The normalized spacial score (nSPS) is 26.0. The van der Waals surface area contributed by atoms with Crippen molar-refractivity contribution in [1.29, 1.82) is 0 Å². The average molecular weight is 374 g/mol. The predicted octanol–water partition coefficient (Wildman–Crippen LogP) is 1.15. The number of hydrogen-bond acceptors (Lipinski definition) is 6. The van der Waals surface area contributed by atoms with Gasteiger partial charge < -0.3 is 19.5 Å². The van der Waals surface area contributed by atoms with Gasteiger partial charge in [-0.1, -0.05) is 11.2 Å². The summed E-state index contributed by atoms with van der Waals surface area (Å²) in [5.41, 5.74) is 1.21. The van der Waals surface area contributed by atoms with E-state index in [1.807, 2.05) is 7.05 Å². The van der Waals surface area contributed by atoms with E-state index in [9.17, 15) is 9.59 Å². The molecule has 27 heavy (non-hydrogen) atoms. The van der Waals surface area contributed by atoms with Crippen LogP contribution < -0.4 is 5.32 Å². The van der Waals surface area contributed by atoms with Crippen LogP contribution in [0.25, 0.3) is 0 Å². The number of morpholine rings is 1. The summed E-state index contributed by atoms with van der Waals surface area (Å²) >= 11 is 0. The molecule has 8 heteroatoms. The molecule has 2 amide bonds. The lowest BCUT2D eigenvalue weighted by Crippen LogP contribution is -2.46. The number of aromatic nitrogens is 1. The summed E-state index contributed by atoms with van der Waals surface area (Å²) in [6.07, 6.45) is 5.33. The zero-order chi connectivity index (χ0) is 18.9. The lowest BCUT2D eigenvalue weighted by molar-refractivity contribution is -0.131. The van der Waals surface area contributed by atoms with Crippen molar-refractivity contribution in [3.8, 4) is 0 Å². The largest absolute Gasteiger partial charge is 0.379 e. The highest BCUT2D eigenvalue weighted by Gasteiger charge is 2.44. The van der Waals surface area contributed by atoms with Crippen molar-refractivity contribution >= 4 is 11.8 Å². The maximum atomic E-state index is 12.6. The second-order valence-corrected chi connectivity index (χ2v) is 7.61. The summed E-state index contributed by atoms with van der Waals surface area (Å²) in [7, 11) is 1.82. The third-order valence-electron chi connectivity index (χ3n) is 5.92. The number of piperidine rings is 1. The van der Waals surface area contributed by atoms with E-state index < -0.39 is 0 Å². The first-order chi connectivity index (χ1) is 13.1. The number of ether oxygens (including phenoxy) is 1. The SMILES string of the molecule is CN1C(=O)CCC2(CNC(=O)c3cc(CN4CCOCC4)on3)CCC=C12. The van der Waals surface area contributed by atoms with E-state index in [2.05, 4.69) is 21.4 Å². The van der Waals surface area contributed by atoms with Crippen LogP contribution in [0.5, 0.6) is 0 Å². The predicted molar refractivity (Wildman–Crippen MR) is 96.7 cm³/mol. The lowest BCUT2D eigenvalue weighted by Gasteiger charge is -2.41. The van der Waals surface area contributed by atoms with Gasteiger partial charge in [0, 0.05) is 50.3 Å². The van der Waals surface area contributed by atoms with Gasteiger partial charge in [0.25, 0.3) is 5.91 Å². The fraction of sp³-hybridized carbons (Fsp3) is 0.632. The summed E-state index contributed by atoms with van der Waals surface area (Å²) in [6, 6.07) is 1.71. The highest BCUT2D eigenvalue weighted by Crippen LogP contribution is 2.46. The van der Waals surface area contributed by atoms with Gasteiger partial charge in [-0.05, 0) is 19.3 Å². The Labute approximate surface area is 158 Å². The van der Waals surface area contributed by atoms with E-state index in [0.29, 0.717) is 31.0 Å². The Kier molecular flexibility index (Phi) is 5.01. The summed E-state index contributed by atoms with van der Waals surface area (Å²) in [5, 5.41) is 6.94. The van der Waals surface area contributed by atoms with E-state index >= 15 is 0 Å². The highest BCUT2D eigenvalue weighted by molar-refractivity contribution is 5.92. The van der Waals surface area contributed by atoms with Crippen LogP contribution in [-0.4, -0.2) is 66.7 Å². The Balaban J connectivity index is 1.36. The zero-order valence-corrected chi connectivity index (χ0v) is 15.7. The highest BCUT2D eigenvalue weighted by atomic mass is 16.5. The maximum absolute atomic E-state index is 12.6.